The van der Waals surface area contributed by atoms with Gasteiger partial charge >= 0.3 is 0 Å². The molecule has 1 N–H and O–H groups in total. The molecule has 1 amide bonds. The first kappa shape index (κ1) is 16.8. The fraction of sp³-hybridized carbons (Fsp3) is 0.0625. The molecule has 122 valence electrons. The molecule has 1 aromatic carbocycles. The topological polar surface area (TPSA) is 59.8 Å². The zero-order valence-corrected chi connectivity index (χ0v) is 14.5. The number of nitrogens with zero attached hydrogens (tertiary/aromatic N) is 3. The first-order valence-electron chi connectivity index (χ1n) is 6.90. The van der Waals surface area contributed by atoms with Crippen LogP contribution in [0.1, 0.15) is 15.9 Å². The maximum Gasteiger partial charge on any atom is 0.256 e. The third-order valence-corrected chi connectivity index (χ3v) is 3.89. The number of hydrogen-bond donors (Lipinski definition) is 1. The second-order valence-electron chi connectivity index (χ2n) is 4.99. The number of benzene rings is 1. The van der Waals surface area contributed by atoms with E-state index in [1.165, 1.54) is 12.3 Å². The van der Waals surface area contributed by atoms with Gasteiger partial charge in [-0.2, -0.15) is 5.10 Å². The summed E-state index contributed by atoms with van der Waals surface area (Å²) < 4.78 is 1.72. The Kier molecular flexibility index (Phi) is 5.04. The SMILES string of the molecule is O=C(Nc1ncc(Cl)cc1Cl)c1ccc(Cn2cc(Cl)cn2)cc1. The summed E-state index contributed by atoms with van der Waals surface area (Å²) in [4.78, 5) is 16.2. The van der Waals surface area contributed by atoms with Gasteiger partial charge in [0.05, 0.1) is 27.8 Å². The Labute approximate surface area is 153 Å². The van der Waals surface area contributed by atoms with E-state index < -0.39 is 0 Å². The molecule has 24 heavy (non-hydrogen) atoms. The van der Waals surface area contributed by atoms with Crippen LogP contribution in [0.3, 0.4) is 0 Å². The normalized spacial score (nSPS) is 10.6. The highest BCUT2D eigenvalue weighted by molar-refractivity contribution is 6.36. The highest BCUT2D eigenvalue weighted by Crippen LogP contribution is 2.23. The summed E-state index contributed by atoms with van der Waals surface area (Å²) in [7, 11) is 0. The maximum atomic E-state index is 12.2. The van der Waals surface area contributed by atoms with Crippen LogP contribution in [0.5, 0.6) is 0 Å². The standard InChI is InChI=1S/C16H11Cl3N4O/c17-12-5-14(19)15(20-6-12)22-16(24)11-3-1-10(2-4-11)8-23-9-13(18)7-21-23/h1-7,9H,8H2,(H,20,22,24). The smallest absolute Gasteiger partial charge is 0.256 e. The number of hydrogen-bond acceptors (Lipinski definition) is 3. The number of carbonyl (C=O) groups is 1. The van der Waals surface area contributed by atoms with Crippen molar-refractivity contribution in [2.75, 3.05) is 5.32 Å². The van der Waals surface area contributed by atoms with E-state index in [0.29, 0.717) is 22.2 Å². The zero-order chi connectivity index (χ0) is 17.1. The lowest BCUT2D eigenvalue weighted by Gasteiger charge is -2.07. The minimum Gasteiger partial charge on any atom is -0.305 e. The zero-order valence-electron chi connectivity index (χ0n) is 12.2. The molecule has 2 heterocycles. The van der Waals surface area contributed by atoms with Crippen LogP contribution >= 0.6 is 34.8 Å². The number of carbonyl (C=O) groups excluding carboxylic acids is 1. The van der Waals surface area contributed by atoms with E-state index in [9.17, 15) is 4.79 Å². The molecule has 8 heteroatoms. The first-order valence-corrected chi connectivity index (χ1v) is 8.04. The molecule has 0 saturated carbocycles. The van der Waals surface area contributed by atoms with Crippen molar-refractivity contribution in [3.05, 3.63) is 75.1 Å². The lowest BCUT2D eigenvalue weighted by atomic mass is 10.1. The van der Waals surface area contributed by atoms with Gasteiger partial charge in [-0.15, -0.1) is 0 Å². The molecule has 0 fully saturated rings. The Balaban J connectivity index is 1.69. The van der Waals surface area contributed by atoms with E-state index in [-0.39, 0.29) is 16.7 Å². The van der Waals surface area contributed by atoms with Crippen molar-refractivity contribution in [1.29, 1.82) is 0 Å². The van der Waals surface area contributed by atoms with Crippen molar-refractivity contribution in [2.45, 2.75) is 6.54 Å². The summed E-state index contributed by atoms with van der Waals surface area (Å²) in [6.07, 6.45) is 4.73. The van der Waals surface area contributed by atoms with Gasteiger partial charge in [0.2, 0.25) is 0 Å². The summed E-state index contributed by atoms with van der Waals surface area (Å²) >= 11 is 17.6. The summed E-state index contributed by atoms with van der Waals surface area (Å²) in [5.74, 6) is -0.0401. The van der Waals surface area contributed by atoms with Gasteiger partial charge in [-0.3, -0.25) is 9.48 Å². The highest BCUT2D eigenvalue weighted by atomic mass is 35.5. The van der Waals surface area contributed by atoms with Crippen LogP contribution in [0.2, 0.25) is 15.1 Å². The number of amides is 1. The summed E-state index contributed by atoms with van der Waals surface area (Å²) in [5, 5.41) is 8.03. The van der Waals surface area contributed by atoms with Gasteiger partial charge in [-0.1, -0.05) is 46.9 Å². The number of pyridine rings is 1. The molecule has 3 aromatic rings. The first-order chi connectivity index (χ1) is 11.5. The Morgan fingerprint density at radius 2 is 1.83 bits per heavy atom. The fourth-order valence-corrected chi connectivity index (χ4v) is 2.64. The van der Waals surface area contributed by atoms with Gasteiger partial charge in [0.1, 0.15) is 0 Å². The fourth-order valence-electron chi connectivity index (χ4n) is 2.06. The van der Waals surface area contributed by atoms with Crippen LogP contribution in [0.15, 0.2) is 48.9 Å². The average Bonchev–Trinajstić information content (AvgIpc) is 2.96. The summed E-state index contributed by atoms with van der Waals surface area (Å²) in [5.41, 5.74) is 1.49. The van der Waals surface area contributed by atoms with E-state index in [4.69, 9.17) is 34.8 Å². The predicted octanol–water partition coefficient (Wildman–Crippen LogP) is 4.54. The number of halogens is 3. The van der Waals surface area contributed by atoms with Gasteiger partial charge in [0.15, 0.2) is 5.82 Å². The Morgan fingerprint density at radius 3 is 2.46 bits per heavy atom. The van der Waals surface area contributed by atoms with Crippen LogP contribution < -0.4 is 5.32 Å². The van der Waals surface area contributed by atoms with Crippen LogP contribution in [0.25, 0.3) is 0 Å². The third kappa shape index (κ3) is 4.06. The van der Waals surface area contributed by atoms with Gasteiger partial charge in [-0.05, 0) is 23.8 Å². The second kappa shape index (κ2) is 7.21. The molecule has 0 bridgehead atoms. The van der Waals surface area contributed by atoms with E-state index in [1.54, 1.807) is 29.2 Å². The maximum absolute atomic E-state index is 12.2. The Hall–Kier alpha value is -2.08. The molecule has 3 rings (SSSR count). The molecule has 0 aliphatic heterocycles. The molecule has 0 radical (unpaired) electrons. The van der Waals surface area contributed by atoms with Crippen LogP contribution in [-0.4, -0.2) is 20.7 Å². The molecule has 2 aromatic heterocycles. The van der Waals surface area contributed by atoms with Crippen LogP contribution in [-0.2, 0) is 6.54 Å². The van der Waals surface area contributed by atoms with Crippen molar-refractivity contribution in [3.8, 4) is 0 Å². The van der Waals surface area contributed by atoms with Gasteiger partial charge < -0.3 is 5.32 Å². The Morgan fingerprint density at radius 1 is 1.08 bits per heavy atom. The van der Waals surface area contributed by atoms with Crippen molar-refractivity contribution in [2.24, 2.45) is 0 Å². The molecule has 0 aliphatic carbocycles. The number of rotatable bonds is 4. The van der Waals surface area contributed by atoms with E-state index >= 15 is 0 Å². The summed E-state index contributed by atoms with van der Waals surface area (Å²) in [6.45, 7) is 0.569. The molecular weight excluding hydrogens is 371 g/mol. The largest absolute Gasteiger partial charge is 0.305 e. The second-order valence-corrected chi connectivity index (χ2v) is 6.27. The molecular formula is C16H11Cl3N4O. The van der Waals surface area contributed by atoms with Crippen LogP contribution in [0, 0.1) is 0 Å². The van der Waals surface area contributed by atoms with Crippen LogP contribution in [0.4, 0.5) is 5.82 Å². The van der Waals surface area contributed by atoms with Crippen molar-refractivity contribution in [1.82, 2.24) is 14.8 Å². The highest BCUT2D eigenvalue weighted by Gasteiger charge is 2.10. The minimum absolute atomic E-state index is 0.265. The number of anilines is 1. The molecule has 0 saturated heterocycles. The number of aromatic nitrogens is 3. The van der Waals surface area contributed by atoms with E-state index in [0.717, 1.165) is 5.56 Å². The van der Waals surface area contributed by atoms with Crippen molar-refractivity contribution >= 4 is 46.5 Å². The molecule has 0 unspecified atom stereocenters. The average molecular weight is 382 g/mol. The predicted molar refractivity (Wildman–Crippen MR) is 95.0 cm³/mol. The monoisotopic (exact) mass is 380 g/mol. The van der Waals surface area contributed by atoms with E-state index in [2.05, 4.69) is 15.4 Å². The van der Waals surface area contributed by atoms with Gasteiger partial charge in [-0.25, -0.2) is 4.98 Å². The van der Waals surface area contributed by atoms with Crippen molar-refractivity contribution < 1.29 is 4.79 Å². The quantitative estimate of drug-likeness (QED) is 0.722. The third-order valence-electron chi connectivity index (χ3n) is 3.20. The van der Waals surface area contributed by atoms with Gasteiger partial charge in [0.25, 0.3) is 5.91 Å². The molecule has 5 nitrogen and oxygen atoms in total. The molecule has 0 atom stereocenters. The van der Waals surface area contributed by atoms with Crippen molar-refractivity contribution in [3.63, 3.8) is 0 Å². The summed E-state index contributed by atoms with van der Waals surface area (Å²) in [6, 6.07) is 8.66. The lowest BCUT2D eigenvalue weighted by molar-refractivity contribution is 0.102. The van der Waals surface area contributed by atoms with E-state index in [1.807, 2.05) is 12.1 Å². The molecule has 0 aliphatic rings. The van der Waals surface area contributed by atoms with Gasteiger partial charge in [0, 0.05) is 18.0 Å². The Bertz CT molecular complexity index is 877. The molecule has 0 spiro atoms. The number of nitrogens with one attached hydrogen (secondary N) is 1. The lowest BCUT2D eigenvalue weighted by Crippen LogP contribution is -2.13. The minimum atomic E-state index is -0.305.